The first-order valence-corrected chi connectivity index (χ1v) is 3.10. The Morgan fingerprint density at radius 1 is 1.14 bits per heavy atom. The molecule has 1 saturated carbocycles. The van der Waals surface area contributed by atoms with Gasteiger partial charge >= 0.3 is 0 Å². The summed E-state index contributed by atoms with van der Waals surface area (Å²) in [6.45, 7) is 0. The summed E-state index contributed by atoms with van der Waals surface area (Å²) in [5.74, 6) is 0. The van der Waals surface area contributed by atoms with Crippen molar-refractivity contribution in [2.45, 2.75) is 37.9 Å². The van der Waals surface area contributed by atoms with Crippen molar-refractivity contribution in [3.8, 4) is 0 Å². The second kappa shape index (κ2) is 1.22. The van der Waals surface area contributed by atoms with Crippen LogP contribution in [0.2, 0.25) is 0 Å². The largest absolute Gasteiger partial charge is 0.375 e. The SMILES string of the molecule is C1CC2C[C@@H](C1)O2. The molecular formula is C6H10O. The standard InChI is InChI=1S/C6H10O/c1-2-5-4-6(3-1)7-5/h5-6H,1-4H2/t5-,6?/m1/s1. The Morgan fingerprint density at radius 3 is 1.86 bits per heavy atom. The van der Waals surface area contributed by atoms with Crippen LogP contribution in [0.4, 0.5) is 0 Å². The van der Waals surface area contributed by atoms with Gasteiger partial charge in [-0.3, -0.25) is 0 Å². The number of ether oxygens (including phenoxy) is 1. The van der Waals surface area contributed by atoms with Gasteiger partial charge < -0.3 is 4.74 Å². The molecule has 2 aliphatic heterocycles. The fourth-order valence-electron chi connectivity index (χ4n) is 1.50. The normalized spacial score (nSPS) is 48.0. The van der Waals surface area contributed by atoms with Gasteiger partial charge in [0.25, 0.3) is 0 Å². The van der Waals surface area contributed by atoms with Gasteiger partial charge in [-0.15, -0.1) is 0 Å². The first kappa shape index (κ1) is 3.90. The van der Waals surface area contributed by atoms with Gasteiger partial charge in [0.15, 0.2) is 0 Å². The van der Waals surface area contributed by atoms with Crippen molar-refractivity contribution < 1.29 is 4.74 Å². The van der Waals surface area contributed by atoms with E-state index in [0.29, 0.717) is 12.2 Å². The molecule has 1 unspecified atom stereocenters. The second-order valence-electron chi connectivity index (χ2n) is 2.55. The van der Waals surface area contributed by atoms with E-state index in [1.165, 1.54) is 25.7 Å². The summed E-state index contributed by atoms with van der Waals surface area (Å²) in [5.41, 5.74) is 0. The van der Waals surface area contributed by atoms with Crippen molar-refractivity contribution in [3.05, 3.63) is 0 Å². The molecule has 2 saturated heterocycles. The lowest BCUT2D eigenvalue weighted by molar-refractivity contribution is -0.155. The highest BCUT2D eigenvalue weighted by Gasteiger charge is 2.33. The third-order valence-corrected chi connectivity index (χ3v) is 1.96. The van der Waals surface area contributed by atoms with Crippen LogP contribution < -0.4 is 0 Å². The molecule has 2 bridgehead atoms. The Balaban J connectivity index is 1.99. The topological polar surface area (TPSA) is 9.23 Å². The molecule has 40 valence electrons. The zero-order valence-corrected chi connectivity index (χ0v) is 4.39. The molecule has 0 aromatic carbocycles. The van der Waals surface area contributed by atoms with E-state index in [0.717, 1.165) is 0 Å². The van der Waals surface area contributed by atoms with E-state index in [1.807, 2.05) is 0 Å². The minimum Gasteiger partial charge on any atom is -0.375 e. The predicted octanol–water partition coefficient (Wildman–Crippen LogP) is 1.33. The molecule has 0 aromatic rings. The molecule has 3 aliphatic rings. The van der Waals surface area contributed by atoms with E-state index in [1.54, 1.807) is 0 Å². The highest BCUT2D eigenvalue weighted by Crippen LogP contribution is 2.33. The fourth-order valence-corrected chi connectivity index (χ4v) is 1.50. The maximum absolute atomic E-state index is 5.38. The number of hydrogen-bond acceptors (Lipinski definition) is 1. The highest BCUT2D eigenvalue weighted by atomic mass is 16.5. The van der Waals surface area contributed by atoms with Crippen molar-refractivity contribution in [1.29, 1.82) is 0 Å². The molecule has 0 aromatic heterocycles. The third-order valence-electron chi connectivity index (χ3n) is 1.96. The number of rotatable bonds is 0. The molecule has 0 spiro atoms. The monoisotopic (exact) mass is 98.1 g/mol. The van der Waals surface area contributed by atoms with Crippen LogP contribution in [0.3, 0.4) is 0 Å². The molecule has 2 heterocycles. The maximum atomic E-state index is 5.38. The molecule has 3 rings (SSSR count). The van der Waals surface area contributed by atoms with E-state index in [9.17, 15) is 0 Å². The lowest BCUT2D eigenvalue weighted by atomic mass is 9.89. The summed E-state index contributed by atoms with van der Waals surface area (Å²) in [4.78, 5) is 0. The summed E-state index contributed by atoms with van der Waals surface area (Å²) < 4.78 is 5.38. The summed E-state index contributed by atoms with van der Waals surface area (Å²) in [6, 6.07) is 0. The molecule has 3 fully saturated rings. The van der Waals surface area contributed by atoms with Crippen molar-refractivity contribution in [1.82, 2.24) is 0 Å². The smallest absolute Gasteiger partial charge is 0.0603 e. The summed E-state index contributed by atoms with van der Waals surface area (Å²) in [6.07, 6.45) is 6.79. The van der Waals surface area contributed by atoms with Gasteiger partial charge in [0.05, 0.1) is 12.2 Å². The quantitative estimate of drug-likeness (QED) is 0.444. The average Bonchev–Trinajstić information content (AvgIpc) is 1.67. The Labute approximate surface area is 43.7 Å². The predicted molar refractivity (Wildman–Crippen MR) is 27.1 cm³/mol. The van der Waals surface area contributed by atoms with E-state index in [-0.39, 0.29) is 0 Å². The van der Waals surface area contributed by atoms with Crippen LogP contribution in [0, 0.1) is 0 Å². The van der Waals surface area contributed by atoms with Gasteiger partial charge in [-0.25, -0.2) is 0 Å². The molecule has 1 nitrogen and oxygen atoms in total. The molecular weight excluding hydrogens is 88.1 g/mol. The molecule has 7 heavy (non-hydrogen) atoms. The average molecular weight is 98.1 g/mol. The van der Waals surface area contributed by atoms with Gasteiger partial charge in [-0.1, -0.05) is 0 Å². The van der Waals surface area contributed by atoms with Crippen molar-refractivity contribution in [2.24, 2.45) is 0 Å². The van der Waals surface area contributed by atoms with Crippen molar-refractivity contribution >= 4 is 0 Å². The number of hydrogen-bond donors (Lipinski definition) is 0. The van der Waals surface area contributed by atoms with E-state index in [2.05, 4.69) is 0 Å². The zero-order valence-electron chi connectivity index (χ0n) is 4.39. The zero-order chi connectivity index (χ0) is 4.69. The first-order chi connectivity index (χ1) is 3.45. The lowest BCUT2D eigenvalue weighted by Crippen LogP contribution is -2.41. The van der Waals surface area contributed by atoms with Crippen LogP contribution in [0.5, 0.6) is 0 Å². The van der Waals surface area contributed by atoms with Crippen molar-refractivity contribution in [2.75, 3.05) is 0 Å². The van der Waals surface area contributed by atoms with Gasteiger partial charge in [-0.05, 0) is 25.7 Å². The van der Waals surface area contributed by atoms with Crippen LogP contribution in [0.1, 0.15) is 25.7 Å². The number of fused-ring (bicyclic) bond motifs is 2. The Morgan fingerprint density at radius 2 is 1.71 bits per heavy atom. The van der Waals surface area contributed by atoms with Crippen molar-refractivity contribution in [3.63, 3.8) is 0 Å². The Kier molecular flexibility index (Phi) is 0.680. The fraction of sp³-hybridized carbons (Fsp3) is 1.00. The second-order valence-corrected chi connectivity index (χ2v) is 2.55. The first-order valence-electron chi connectivity index (χ1n) is 3.10. The Bertz CT molecular complexity index is 60.7. The molecule has 0 N–H and O–H groups in total. The van der Waals surface area contributed by atoms with Gasteiger partial charge in [0.1, 0.15) is 0 Å². The van der Waals surface area contributed by atoms with Gasteiger partial charge in [0.2, 0.25) is 0 Å². The van der Waals surface area contributed by atoms with E-state index in [4.69, 9.17) is 4.74 Å². The van der Waals surface area contributed by atoms with E-state index >= 15 is 0 Å². The summed E-state index contributed by atoms with van der Waals surface area (Å²) in [7, 11) is 0. The molecule has 1 aliphatic carbocycles. The van der Waals surface area contributed by atoms with Crippen LogP contribution in [0.15, 0.2) is 0 Å². The summed E-state index contributed by atoms with van der Waals surface area (Å²) >= 11 is 0. The van der Waals surface area contributed by atoms with Gasteiger partial charge in [-0.2, -0.15) is 0 Å². The van der Waals surface area contributed by atoms with Crippen LogP contribution in [-0.2, 0) is 4.74 Å². The summed E-state index contributed by atoms with van der Waals surface area (Å²) in [5, 5.41) is 0. The van der Waals surface area contributed by atoms with E-state index < -0.39 is 0 Å². The molecule has 0 amide bonds. The van der Waals surface area contributed by atoms with Gasteiger partial charge in [0, 0.05) is 0 Å². The van der Waals surface area contributed by atoms with Crippen LogP contribution in [-0.4, -0.2) is 12.2 Å². The van der Waals surface area contributed by atoms with Crippen LogP contribution in [0.25, 0.3) is 0 Å². The maximum Gasteiger partial charge on any atom is 0.0603 e. The minimum absolute atomic E-state index is 0.679. The molecule has 0 radical (unpaired) electrons. The minimum atomic E-state index is 0.679. The third kappa shape index (κ3) is 0.480. The Hall–Kier alpha value is -0.0400. The van der Waals surface area contributed by atoms with Crippen LogP contribution >= 0.6 is 0 Å². The molecule has 2 atom stereocenters. The highest BCUT2D eigenvalue weighted by molar-refractivity contribution is 4.82. The molecule has 1 heteroatoms. The lowest BCUT2D eigenvalue weighted by Gasteiger charge is -2.41.